The smallest absolute Gasteiger partial charge is 0.211 e. The van der Waals surface area contributed by atoms with Gasteiger partial charge >= 0.3 is 0 Å². The first-order valence-electron chi connectivity index (χ1n) is 5.60. The maximum atomic E-state index is 5.47. The molecule has 4 heteroatoms. The first kappa shape index (κ1) is 10.9. The fourth-order valence-electron chi connectivity index (χ4n) is 1.88. The van der Waals surface area contributed by atoms with Gasteiger partial charge in [-0.25, -0.2) is 4.98 Å². The van der Waals surface area contributed by atoms with Crippen molar-refractivity contribution in [2.24, 2.45) is 0 Å². The van der Waals surface area contributed by atoms with E-state index in [0.717, 1.165) is 10.7 Å². The Balaban J connectivity index is 1.96. The second-order valence-electron chi connectivity index (χ2n) is 3.91. The predicted octanol–water partition coefficient (Wildman–Crippen LogP) is 3.16. The molecule has 1 aromatic carbocycles. The van der Waals surface area contributed by atoms with Crippen LogP contribution in [-0.2, 0) is 9.47 Å². The van der Waals surface area contributed by atoms with Gasteiger partial charge in [0.1, 0.15) is 5.01 Å². The van der Waals surface area contributed by atoms with Crippen LogP contribution in [-0.4, -0.2) is 18.2 Å². The minimum atomic E-state index is -0.267. The molecule has 0 spiro atoms. The fourth-order valence-corrected chi connectivity index (χ4v) is 2.95. The highest BCUT2D eigenvalue weighted by Crippen LogP contribution is 2.35. The largest absolute Gasteiger partial charge is 0.344 e. The molecule has 2 heterocycles. The van der Waals surface area contributed by atoms with E-state index in [0.29, 0.717) is 13.2 Å². The van der Waals surface area contributed by atoms with Gasteiger partial charge < -0.3 is 9.47 Å². The third-order valence-corrected chi connectivity index (χ3v) is 3.90. The van der Waals surface area contributed by atoms with Crippen LogP contribution < -0.4 is 0 Å². The van der Waals surface area contributed by atoms with Gasteiger partial charge in [0.25, 0.3) is 0 Å². The van der Waals surface area contributed by atoms with E-state index >= 15 is 0 Å². The van der Waals surface area contributed by atoms with Crippen molar-refractivity contribution in [2.45, 2.75) is 13.2 Å². The second-order valence-corrected chi connectivity index (χ2v) is 4.94. The SMILES string of the molecule is Cc1nc(C2OCCO2)sc1-c1ccccc1. The summed E-state index contributed by atoms with van der Waals surface area (Å²) < 4.78 is 10.9. The van der Waals surface area contributed by atoms with Crippen LogP contribution in [0.4, 0.5) is 0 Å². The predicted molar refractivity (Wildman–Crippen MR) is 66.9 cm³/mol. The molecule has 0 saturated carbocycles. The molecule has 17 heavy (non-hydrogen) atoms. The van der Waals surface area contributed by atoms with Crippen LogP contribution in [0.25, 0.3) is 10.4 Å². The van der Waals surface area contributed by atoms with Crippen LogP contribution in [0.15, 0.2) is 30.3 Å². The lowest BCUT2D eigenvalue weighted by Gasteiger charge is -2.03. The molecule has 0 unspecified atom stereocenters. The lowest BCUT2D eigenvalue weighted by atomic mass is 10.2. The van der Waals surface area contributed by atoms with Crippen molar-refractivity contribution in [1.29, 1.82) is 0 Å². The van der Waals surface area contributed by atoms with Gasteiger partial charge in [-0.05, 0) is 12.5 Å². The van der Waals surface area contributed by atoms with Gasteiger partial charge in [0.2, 0.25) is 6.29 Å². The normalized spacial score (nSPS) is 16.5. The van der Waals surface area contributed by atoms with Crippen LogP contribution in [0.2, 0.25) is 0 Å². The lowest BCUT2D eigenvalue weighted by Crippen LogP contribution is -1.96. The molecule has 88 valence electrons. The van der Waals surface area contributed by atoms with E-state index in [9.17, 15) is 0 Å². The first-order valence-corrected chi connectivity index (χ1v) is 6.42. The molecule has 1 aromatic heterocycles. The quantitative estimate of drug-likeness (QED) is 0.816. The average Bonchev–Trinajstić information content (AvgIpc) is 2.99. The molecule has 0 radical (unpaired) electrons. The number of thiazole rings is 1. The average molecular weight is 247 g/mol. The van der Waals surface area contributed by atoms with Crippen LogP contribution in [0, 0.1) is 6.92 Å². The monoisotopic (exact) mass is 247 g/mol. The molecule has 1 aliphatic rings. The molecule has 0 N–H and O–H groups in total. The third-order valence-electron chi connectivity index (χ3n) is 2.67. The van der Waals surface area contributed by atoms with Crippen molar-refractivity contribution in [3.05, 3.63) is 41.0 Å². The summed E-state index contributed by atoms with van der Waals surface area (Å²) in [6.45, 7) is 3.34. The fraction of sp³-hybridized carbons (Fsp3) is 0.308. The highest BCUT2D eigenvalue weighted by molar-refractivity contribution is 7.15. The highest BCUT2D eigenvalue weighted by Gasteiger charge is 2.23. The van der Waals surface area contributed by atoms with Crippen LogP contribution in [0.5, 0.6) is 0 Å². The van der Waals surface area contributed by atoms with E-state index in [1.165, 1.54) is 10.4 Å². The second kappa shape index (κ2) is 4.56. The van der Waals surface area contributed by atoms with E-state index in [1.54, 1.807) is 11.3 Å². The molecule has 3 rings (SSSR count). The molecule has 1 fully saturated rings. The van der Waals surface area contributed by atoms with E-state index in [2.05, 4.69) is 17.1 Å². The number of aromatic nitrogens is 1. The molecule has 1 saturated heterocycles. The Morgan fingerprint density at radius 1 is 1.18 bits per heavy atom. The van der Waals surface area contributed by atoms with Gasteiger partial charge in [-0.1, -0.05) is 30.3 Å². The zero-order valence-electron chi connectivity index (χ0n) is 9.55. The van der Waals surface area contributed by atoms with Crippen LogP contribution >= 0.6 is 11.3 Å². The zero-order valence-corrected chi connectivity index (χ0v) is 10.4. The standard InChI is InChI=1S/C13H13NO2S/c1-9-11(10-5-3-2-4-6-10)17-12(14-9)13-15-7-8-16-13/h2-6,13H,7-8H2,1H3. The van der Waals surface area contributed by atoms with Gasteiger partial charge in [0.15, 0.2) is 0 Å². The van der Waals surface area contributed by atoms with Crippen molar-refractivity contribution in [3.8, 4) is 10.4 Å². The summed E-state index contributed by atoms with van der Waals surface area (Å²) in [5, 5.41) is 0.916. The Labute approximate surface area is 104 Å². The van der Waals surface area contributed by atoms with Crippen molar-refractivity contribution in [1.82, 2.24) is 4.98 Å². The van der Waals surface area contributed by atoms with E-state index < -0.39 is 0 Å². The maximum absolute atomic E-state index is 5.47. The summed E-state index contributed by atoms with van der Waals surface area (Å²) in [7, 11) is 0. The van der Waals surface area contributed by atoms with Gasteiger partial charge in [-0.15, -0.1) is 11.3 Å². The Morgan fingerprint density at radius 3 is 2.59 bits per heavy atom. The Kier molecular flexibility index (Phi) is 2.93. The Hall–Kier alpha value is -1.23. The number of hydrogen-bond acceptors (Lipinski definition) is 4. The molecule has 0 amide bonds. The molecule has 3 nitrogen and oxygen atoms in total. The molecule has 0 bridgehead atoms. The highest BCUT2D eigenvalue weighted by atomic mass is 32.1. The summed E-state index contributed by atoms with van der Waals surface area (Å²) >= 11 is 1.65. The summed E-state index contributed by atoms with van der Waals surface area (Å²) in [5.41, 5.74) is 2.24. The minimum absolute atomic E-state index is 0.267. The lowest BCUT2D eigenvalue weighted by molar-refractivity contribution is -0.0442. The van der Waals surface area contributed by atoms with E-state index in [-0.39, 0.29) is 6.29 Å². The molecule has 1 aliphatic heterocycles. The Morgan fingerprint density at radius 2 is 1.88 bits per heavy atom. The maximum Gasteiger partial charge on any atom is 0.211 e. The molecular formula is C13H13NO2S. The molecular weight excluding hydrogens is 234 g/mol. The number of aryl methyl sites for hydroxylation is 1. The summed E-state index contributed by atoms with van der Waals surface area (Å²) in [6.07, 6.45) is -0.267. The summed E-state index contributed by atoms with van der Waals surface area (Å²) in [6, 6.07) is 10.3. The molecule has 0 aliphatic carbocycles. The van der Waals surface area contributed by atoms with Gasteiger partial charge in [-0.3, -0.25) is 0 Å². The first-order chi connectivity index (χ1) is 8.34. The number of benzene rings is 1. The van der Waals surface area contributed by atoms with Crippen molar-refractivity contribution >= 4 is 11.3 Å². The number of rotatable bonds is 2. The number of ether oxygens (including phenoxy) is 2. The van der Waals surface area contributed by atoms with Crippen molar-refractivity contribution in [2.75, 3.05) is 13.2 Å². The number of nitrogens with zero attached hydrogens (tertiary/aromatic N) is 1. The summed E-state index contributed by atoms with van der Waals surface area (Å²) in [4.78, 5) is 5.73. The summed E-state index contributed by atoms with van der Waals surface area (Å²) in [5.74, 6) is 0. The molecule has 2 aromatic rings. The van der Waals surface area contributed by atoms with Gasteiger partial charge in [0.05, 0.1) is 23.8 Å². The Bertz CT molecular complexity index is 503. The number of hydrogen-bond donors (Lipinski definition) is 0. The van der Waals surface area contributed by atoms with E-state index in [1.807, 2.05) is 25.1 Å². The molecule has 0 atom stereocenters. The van der Waals surface area contributed by atoms with E-state index in [4.69, 9.17) is 9.47 Å². The minimum Gasteiger partial charge on any atom is -0.344 e. The van der Waals surface area contributed by atoms with Gasteiger partial charge in [-0.2, -0.15) is 0 Å². The van der Waals surface area contributed by atoms with Gasteiger partial charge in [0, 0.05) is 0 Å². The topological polar surface area (TPSA) is 31.4 Å². The van der Waals surface area contributed by atoms with Crippen LogP contribution in [0.3, 0.4) is 0 Å². The third kappa shape index (κ3) is 2.11. The van der Waals surface area contributed by atoms with Crippen LogP contribution in [0.1, 0.15) is 17.0 Å². The van der Waals surface area contributed by atoms with Crippen molar-refractivity contribution < 1.29 is 9.47 Å². The van der Waals surface area contributed by atoms with Crippen molar-refractivity contribution in [3.63, 3.8) is 0 Å². The zero-order chi connectivity index (χ0) is 11.7.